The van der Waals surface area contributed by atoms with Crippen LogP contribution in [0.25, 0.3) is 50.9 Å². The lowest BCUT2D eigenvalue weighted by Crippen LogP contribution is -2.34. The molecule has 0 bridgehead atoms. The number of ether oxygens (including phenoxy) is 1. The van der Waals surface area contributed by atoms with Crippen LogP contribution in [-0.4, -0.2) is 11.1 Å². The fourth-order valence-electron chi connectivity index (χ4n) is 7.63. The lowest BCUT2D eigenvalue weighted by molar-refractivity contribution is 0.252. The summed E-state index contributed by atoms with van der Waals surface area (Å²) in [6.45, 7) is 0. The Morgan fingerprint density at radius 1 is 0.490 bits per heavy atom. The zero-order valence-corrected chi connectivity index (χ0v) is 27.7. The minimum atomic E-state index is -0.253. The fourth-order valence-corrected chi connectivity index (χ4v) is 7.63. The first kappa shape index (κ1) is 29.3. The van der Waals surface area contributed by atoms with Crippen LogP contribution in [0.4, 0.5) is 11.4 Å². The molecule has 0 saturated heterocycles. The van der Waals surface area contributed by atoms with Crippen molar-refractivity contribution in [3.63, 3.8) is 0 Å². The van der Waals surface area contributed by atoms with Crippen LogP contribution in [0.15, 0.2) is 186 Å². The Morgan fingerprint density at radius 2 is 1.06 bits per heavy atom. The highest BCUT2D eigenvalue weighted by molar-refractivity contribution is 5.81. The molecule has 4 heteroatoms. The SMILES string of the molecule is C1=C(N(c2ccc(-c3ccccc3)cc2)c2ccc(-c3ccccc3)cc2)C2Oc3ccc(-c4nc5ccccc5o4)cc3C2c2ccccc21. The third kappa shape index (κ3) is 5.12. The number of para-hydroxylation sites is 2. The second-order valence-corrected chi connectivity index (χ2v) is 13.1. The van der Waals surface area contributed by atoms with Crippen LogP contribution in [0.2, 0.25) is 0 Å². The normalized spacial score (nSPS) is 15.7. The van der Waals surface area contributed by atoms with Gasteiger partial charge in [-0.1, -0.05) is 121 Å². The highest BCUT2D eigenvalue weighted by Crippen LogP contribution is 2.52. The smallest absolute Gasteiger partial charge is 0.227 e. The second-order valence-electron chi connectivity index (χ2n) is 13.1. The number of rotatable bonds is 6. The summed E-state index contributed by atoms with van der Waals surface area (Å²) < 4.78 is 13.2. The van der Waals surface area contributed by atoms with Gasteiger partial charge in [0.25, 0.3) is 0 Å². The quantitative estimate of drug-likeness (QED) is 0.179. The monoisotopic (exact) mass is 656 g/mol. The maximum Gasteiger partial charge on any atom is 0.227 e. The van der Waals surface area contributed by atoms with E-state index in [4.69, 9.17) is 14.1 Å². The molecule has 10 rings (SSSR count). The first-order valence-corrected chi connectivity index (χ1v) is 17.3. The van der Waals surface area contributed by atoms with E-state index in [0.717, 1.165) is 45.0 Å². The van der Waals surface area contributed by atoms with Crippen LogP contribution < -0.4 is 9.64 Å². The van der Waals surface area contributed by atoms with E-state index in [2.05, 4.69) is 163 Å². The van der Waals surface area contributed by atoms with Crippen molar-refractivity contribution in [1.29, 1.82) is 0 Å². The summed E-state index contributed by atoms with van der Waals surface area (Å²) in [5, 5.41) is 0. The van der Waals surface area contributed by atoms with E-state index in [1.165, 1.54) is 33.4 Å². The molecule has 0 spiro atoms. The molecule has 2 unspecified atom stereocenters. The number of oxazole rings is 1. The van der Waals surface area contributed by atoms with Gasteiger partial charge in [-0.3, -0.25) is 0 Å². The van der Waals surface area contributed by atoms with Crippen molar-refractivity contribution in [3.05, 3.63) is 198 Å². The zero-order chi connectivity index (χ0) is 33.7. The molecular formula is C47H32N2O2. The Kier molecular flexibility index (Phi) is 6.91. The molecule has 0 radical (unpaired) electrons. The van der Waals surface area contributed by atoms with Crippen LogP contribution in [0.1, 0.15) is 22.6 Å². The molecule has 2 aliphatic rings. The number of benzene rings is 7. The van der Waals surface area contributed by atoms with E-state index in [1.807, 2.05) is 24.3 Å². The predicted octanol–water partition coefficient (Wildman–Crippen LogP) is 11.9. The van der Waals surface area contributed by atoms with Gasteiger partial charge in [0.2, 0.25) is 5.89 Å². The summed E-state index contributed by atoms with van der Waals surface area (Å²) in [6, 6.07) is 61.7. The molecule has 0 amide bonds. The molecule has 2 atom stereocenters. The largest absolute Gasteiger partial charge is 0.483 e. The summed E-state index contributed by atoms with van der Waals surface area (Å²) in [4.78, 5) is 7.18. The van der Waals surface area contributed by atoms with Crippen LogP contribution >= 0.6 is 0 Å². The zero-order valence-electron chi connectivity index (χ0n) is 27.7. The Labute approximate surface area is 296 Å². The van der Waals surface area contributed by atoms with E-state index in [0.29, 0.717) is 5.89 Å². The first-order chi connectivity index (χ1) is 25.3. The van der Waals surface area contributed by atoms with Crippen molar-refractivity contribution in [2.75, 3.05) is 4.90 Å². The molecule has 51 heavy (non-hydrogen) atoms. The van der Waals surface area contributed by atoms with E-state index in [1.54, 1.807) is 0 Å². The van der Waals surface area contributed by atoms with Gasteiger partial charge in [0.1, 0.15) is 17.4 Å². The van der Waals surface area contributed by atoms with E-state index >= 15 is 0 Å². The molecule has 1 aliphatic carbocycles. The average molecular weight is 657 g/mol. The molecule has 0 N–H and O–H groups in total. The third-order valence-electron chi connectivity index (χ3n) is 10.1. The number of fused-ring (bicyclic) bond motifs is 6. The van der Waals surface area contributed by atoms with Crippen LogP contribution in [0.3, 0.4) is 0 Å². The molecule has 7 aromatic carbocycles. The van der Waals surface area contributed by atoms with Gasteiger partial charge in [0.15, 0.2) is 5.58 Å². The number of hydrogen-bond donors (Lipinski definition) is 0. The highest BCUT2D eigenvalue weighted by atomic mass is 16.5. The van der Waals surface area contributed by atoms with Crippen LogP contribution in [0, 0.1) is 0 Å². The second kappa shape index (κ2) is 12.0. The molecule has 0 fully saturated rings. The third-order valence-corrected chi connectivity index (χ3v) is 10.1. The molecule has 1 aromatic heterocycles. The number of anilines is 2. The van der Waals surface area contributed by atoms with Crippen molar-refractivity contribution in [1.82, 2.24) is 4.98 Å². The summed E-state index contributed by atoms with van der Waals surface area (Å²) in [5.41, 5.74) is 14.1. The number of nitrogens with zero attached hydrogens (tertiary/aromatic N) is 2. The molecule has 1 aliphatic heterocycles. The van der Waals surface area contributed by atoms with Gasteiger partial charge in [-0.25, -0.2) is 4.98 Å². The van der Waals surface area contributed by atoms with Gasteiger partial charge in [0, 0.05) is 22.5 Å². The van der Waals surface area contributed by atoms with Gasteiger partial charge in [-0.2, -0.15) is 0 Å². The van der Waals surface area contributed by atoms with Crippen molar-refractivity contribution in [2.24, 2.45) is 0 Å². The lowest BCUT2D eigenvalue weighted by Gasteiger charge is -2.36. The molecule has 4 nitrogen and oxygen atoms in total. The maximum atomic E-state index is 6.98. The Morgan fingerprint density at radius 3 is 1.73 bits per heavy atom. The maximum absolute atomic E-state index is 6.98. The Balaban J connectivity index is 1.10. The van der Waals surface area contributed by atoms with Crippen LogP contribution in [-0.2, 0) is 0 Å². The number of aromatic nitrogens is 1. The van der Waals surface area contributed by atoms with Gasteiger partial charge >= 0.3 is 0 Å². The van der Waals surface area contributed by atoms with Gasteiger partial charge in [-0.05, 0) is 94.1 Å². The standard InChI is InChI=1S/C47H32N2O2/c1-3-11-31(12-4-1)33-19-24-37(25-20-33)49(38-26-21-34(22-27-38)32-13-5-2-6-14-32)42-30-35-15-7-8-16-39(35)45-40-29-36(23-28-43(40)50-46(42)45)47-48-41-17-9-10-18-44(41)51-47/h1-30,45-46H. The molecule has 2 heterocycles. The fraction of sp³-hybridized carbons (Fsp3) is 0.0426. The predicted molar refractivity (Wildman–Crippen MR) is 206 cm³/mol. The highest BCUT2D eigenvalue weighted by Gasteiger charge is 2.44. The Bertz CT molecular complexity index is 2440. The lowest BCUT2D eigenvalue weighted by atomic mass is 9.79. The van der Waals surface area contributed by atoms with Gasteiger partial charge in [0.05, 0.1) is 11.6 Å². The minimum Gasteiger partial charge on any atom is -0.483 e. The van der Waals surface area contributed by atoms with Crippen molar-refractivity contribution < 1.29 is 9.15 Å². The Hall–Kier alpha value is -6.65. The van der Waals surface area contributed by atoms with Crippen molar-refractivity contribution in [2.45, 2.75) is 12.0 Å². The average Bonchev–Trinajstić information content (AvgIpc) is 3.82. The molecule has 8 aromatic rings. The molecule has 242 valence electrons. The van der Waals surface area contributed by atoms with E-state index in [9.17, 15) is 0 Å². The number of hydrogen-bond acceptors (Lipinski definition) is 4. The minimum absolute atomic E-state index is 0.0183. The summed E-state index contributed by atoms with van der Waals surface area (Å²) in [5.74, 6) is 1.47. The van der Waals surface area contributed by atoms with E-state index < -0.39 is 0 Å². The summed E-state index contributed by atoms with van der Waals surface area (Å²) in [6.07, 6.45) is 2.05. The summed E-state index contributed by atoms with van der Waals surface area (Å²) in [7, 11) is 0. The topological polar surface area (TPSA) is 38.5 Å². The van der Waals surface area contributed by atoms with Gasteiger partial charge in [-0.15, -0.1) is 0 Å². The van der Waals surface area contributed by atoms with Gasteiger partial charge < -0.3 is 14.1 Å². The van der Waals surface area contributed by atoms with Crippen LogP contribution in [0.5, 0.6) is 5.75 Å². The molecular weight excluding hydrogens is 625 g/mol. The van der Waals surface area contributed by atoms with E-state index in [-0.39, 0.29) is 12.0 Å². The van der Waals surface area contributed by atoms with Crippen molar-refractivity contribution >= 4 is 28.6 Å². The molecule has 0 saturated carbocycles. The summed E-state index contributed by atoms with van der Waals surface area (Å²) >= 11 is 0. The van der Waals surface area contributed by atoms with Crippen molar-refractivity contribution in [3.8, 4) is 39.5 Å². The first-order valence-electron chi connectivity index (χ1n) is 17.3.